The van der Waals surface area contributed by atoms with E-state index in [9.17, 15) is 4.79 Å². The summed E-state index contributed by atoms with van der Waals surface area (Å²) in [6.07, 6.45) is 17.4. The first-order valence-electron chi connectivity index (χ1n) is 10.3. The van der Waals surface area contributed by atoms with Crippen LogP contribution in [0.15, 0.2) is 0 Å². The molecule has 0 N–H and O–H groups in total. The lowest BCUT2D eigenvalue weighted by molar-refractivity contribution is -0.148. The number of methoxy groups -OCH3 is 1. The Morgan fingerprint density at radius 2 is 1.17 bits per heavy atom. The molecule has 2 atom stereocenters. The van der Waals surface area contributed by atoms with E-state index >= 15 is 0 Å². The molecule has 0 aromatic carbocycles. The van der Waals surface area contributed by atoms with Crippen molar-refractivity contribution >= 4 is 5.97 Å². The van der Waals surface area contributed by atoms with Gasteiger partial charge in [-0.1, -0.05) is 91.4 Å². The topological polar surface area (TPSA) is 26.3 Å². The Morgan fingerprint density at radius 3 is 1.74 bits per heavy atom. The van der Waals surface area contributed by atoms with Crippen LogP contribution >= 0.6 is 0 Å². The summed E-state index contributed by atoms with van der Waals surface area (Å²) in [6, 6.07) is 0. The maximum absolute atomic E-state index is 12.3. The van der Waals surface area contributed by atoms with Crippen LogP contribution in [0, 0.1) is 11.8 Å². The smallest absolute Gasteiger partial charge is 0.308 e. The molecule has 2 unspecified atom stereocenters. The van der Waals surface area contributed by atoms with E-state index in [1.54, 1.807) is 7.11 Å². The molecule has 0 aromatic rings. The van der Waals surface area contributed by atoms with Gasteiger partial charge in [-0.2, -0.15) is 0 Å². The third-order valence-electron chi connectivity index (χ3n) is 5.05. The molecule has 2 heteroatoms. The van der Waals surface area contributed by atoms with E-state index in [4.69, 9.17) is 4.74 Å². The first kappa shape index (κ1) is 22.5. The summed E-state index contributed by atoms with van der Waals surface area (Å²) in [6.45, 7) is 6.74. The number of ether oxygens (including phenoxy) is 1. The van der Waals surface area contributed by atoms with Crippen molar-refractivity contribution in [3.8, 4) is 0 Å². The molecule has 0 aromatic heterocycles. The van der Waals surface area contributed by atoms with Crippen molar-refractivity contribution in [2.75, 3.05) is 7.11 Å². The number of unbranched alkanes of at least 4 members (excludes halogenated alkanes) is 8. The second kappa shape index (κ2) is 16.3. The van der Waals surface area contributed by atoms with Crippen LogP contribution in [-0.2, 0) is 9.53 Å². The zero-order valence-corrected chi connectivity index (χ0v) is 16.4. The van der Waals surface area contributed by atoms with Gasteiger partial charge in [0.25, 0.3) is 0 Å². The Balaban J connectivity index is 4.48. The van der Waals surface area contributed by atoms with Crippen molar-refractivity contribution in [1.82, 2.24) is 0 Å². The quantitative estimate of drug-likeness (QED) is 0.227. The largest absolute Gasteiger partial charge is 0.469 e. The molecule has 0 aliphatic carbocycles. The van der Waals surface area contributed by atoms with Gasteiger partial charge in [0.2, 0.25) is 0 Å². The number of esters is 1. The van der Waals surface area contributed by atoms with Gasteiger partial charge < -0.3 is 4.74 Å². The summed E-state index contributed by atoms with van der Waals surface area (Å²) >= 11 is 0. The van der Waals surface area contributed by atoms with Gasteiger partial charge in [-0.05, 0) is 25.2 Å². The molecule has 0 aliphatic heterocycles. The van der Waals surface area contributed by atoms with Gasteiger partial charge in [0, 0.05) is 0 Å². The van der Waals surface area contributed by atoms with Crippen LogP contribution in [0.3, 0.4) is 0 Å². The third kappa shape index (κ3) is 11.6. The summed E-state index contributed by atoms with van der Waals surface area (Å²) in [5.74, 6) is 0.706. The minimum absolute atomic E-state index is 0.0390. The fourth-order valence-electron chi connectivity index (χ4n) is 3.51. The maximum Gasteiger partial charge on any atom is 0.308 e. The predicted molar refractivity (Wildman–Crippen MR) is 101 cm³/mol. The summed E-state index contributed by atoms with van der Waals surface area (Å²) < 4.78 is 5.14. The molecule has 23 heavy (non-hydrogen) atoms. The molecule has 0 rings (SSSR count). The Labute approximate surface area is 145 Å². The molecule has 138 valence electrons. The average molecular weight is 327 g/mol. The second-order valence-corrected chi connectivity index (χ2v) is 7.08. The van der Waals surface area contributed by atoms with Gasteiger partial charge in [0.1, 0.15) is 0 Å². The van der Waals surface area contributed by atoms with Crippen LogP contribution in [0.4, 0.5) is 0 Å². The fraction of sp³-hybridized carbons (Fsp3) is 0.952. The van der Waals surface area contributed by atoms with E-state index in [0.29, 0.717) is 5.92 Å². The van der Waals surface area contributed by atoms with E-state index in [2.05, 4.69) is 20.8 Å². The highest BCUT2D eigenvalue weighted by Gasteiger charge is 2.27. The number of carbonyl (C=O) groups excluding carboxylic acids is 1. The number of rotatable bonds is 16. The van der Waals surface area contributed by atoms with E-state index in [0.717, 1.165) is 6.42 Å². The van der Waals surface area contributed by atoms with Crippen molar-refractivity contribution < 1.29 is 9.53 Å². The van der Waals surface area contributed by atoms with Crippen molar-refractivity contribution in [2.45, 2.75) is 111 Å². The van der Waals surface area contributed by atoms with Crippen molar-refractivity contribution in [1.29, 1.82) is 0 Å². The molecule has 0 fully saturated rings. The SMILES string of the molecule is CCCCCCCC(C(=O)OC)C(CCCC)CCCCCC. The minimum atomic E-state index is 0.0390. The van der Waals surface area contributed by atoms with Crippen LogP contribution in [0.1, 0.15) is 111 Å². The standard InChI is InChI=1S/C21H42O2/c1-5-8-11-13-15-18-20(21(22)23-4)19(16-10-7-3)17-14-12-9-6-2/h19-20H,5-18H2,1-4H3. The van der Waals surface area contributed by atoms with Crippen molar-refractivity contribution in [2.24, 2.45) is 11.8 Å². The van der Waals surface area contributed by atoms with Gasteiger partial charge in [0.05, 0.1) is 13.0 Å². The van der Waals surface area contributed by atoms with Gasteiger partial charge in [-0.15, -0.1) is 0 Å². The van der Waals surface area contributed by atoms with Crippen molar-refractivity contribution in [3.63, 3.8) is 0 Å². The Morgan fingerprint density at radius 1 is 0.696 bits per heavy atom. The molecule has 0 amide bonds. The molecule has 0 spiro atoms. The van der Waals surface area contributed by atoms with Crippen LogP contribution in [0.2, 0.25) is 0 Å². The zero-order chi connectivity index (χ0) is 17.3. The van der Waals surface area contributed by atoms with Crippen LogP contribution in [0.25, 0.3) is 0 Å². The normalized spacial score (nSPS) is 13.7. The third-order valence-corrected chi connectivity index (χ3v) is 5.05. The monoisotopic (exact) mass is 326 g/mol. The Kier molecular flexibility index (Phi) is 16.0. The molecular formula is C21H42O2. The fourth-order valence-corrected chi connectivity index (χ4v) is 3.51. The highest BCUT2D eigenvalue weighted by atomic mass is 16.5. The van der Waals surface area contributed by atoms with Gasteiger partial charge >= 0.3 is 5.97 Å². The van der Waals surface area contributed by atoms with Gasteiger partial charge in [0.15, 0.2) is 0 Å². The first-order chi connectivity index (χ1) is 11.2. The van der Waals surface area contributed by atoms with Gasteiger partial charge in [-0.3, -0.25) is 4.79 Å². The number of hydrogen-bond donors (Lipinski definition) is 0. The number of hydrogen-bond acceptors (Lipinski definition) is 2. The lowest BCUT2D eigenvalue weighted by Gasteiger charge is -2.25. The lowest BCUT2D eigenvalue weighted by atomic mass is 9.81. The average Bonchev–Trinajstić information content (AvgIpc) is 2.57. The van der Waals surface area contributed by atoms with Crippen LogP contribution in [-0.4, -0.2) is 13.1 Å². The Hall–Kier alpha value is -0.530. The Bertz CT molecular complexity index is 263. The van der Waals surface area contributed by atoms with Crippen LogP contribution in [0.5, 0.6) is 0 Å². The summed E-state index contributed by atoms with van der Waals surface area (Å²) in [5.41, 5.74) is 0. The van der Waals surface area contributed by atoms with E-state index in [-0.39, 0.29) is 11.9 Å². The molecular weight excluding hydrogens is 284 g/mol. The van der Waals surface area contributed by atoms with E-state index in [1.807, 2.05) is 0 Å². The highest BCUT2D eigenvalue weighted by Crippen LogP contribution is 2.30. The summed E-state index contributed by atoms with van der Waals surface area (Å²) in [4.78, 5) is 12.3. The van der Waals surface area contributed by atoms with Gasteiger partial charge in [-0.25, -0.2) is 0 Å². The van der Waals surface area contributed by atoms with E-state index < -0.39 is 0 Å². The molecule has 2 nitrogen and oxygen atoms in total. The zero-order valence-electron chi connectivity index (χ0n) is 16.4. The summed E-state index contributed by atoms with van der Waals surface area (Å²) in [5, 5.41) is 0. The maximum atomic E-state index is 12.3. The molecule has 0 radical (unpaired) electrons. The molecule has 0 saturated carbocycles. The molecule has 0 aliphatic rings. The highest BCUT2D eigenvalue weighted by molar-refractivity contribution is 5.72. The predicted octanol–water partition coefficient (Wildman–Crippen LogP) is 6.91. The lowest BCUT2D eigenvalue weighted by Crippen LogP contribution is -2.25. The minimum Gasteiger partial charge on any atom is -0.469 e. The second-order valence-electron chi connectivity index (χ2n) is 7.08. The number of carbonyl (C=O) groups is 1. The van der Waals surface area contributed by atoms with E-state index in [1.165, 1.54) is 83.5 Å². The molecule has 0 bridgehead atoms. The molecule has 0 saturated heterocycles. The van der Waals surface area contributed by atoms with Crippen molar-refractivity contribution in [3.05, 3.63) is 0 Å². The molecule has 0 heterocycles. The van der Waals surface area contributed by atoms with Crippen LogP contribution < -0.4 is 0 Å². The summed E-state index contributed by atoms with van der Waals surface area (Å²) in [7, 11) is 1.56. The first-order valence-corrected chi connectivity index (χ1v) is 10.3.